The van der Waals surface area contributed by atoms with Crippen LogP contribution < -0.4 is 10.1 Å². The second-order valence-electron chi connectivity index (χ2n) is 7.96. The molecule has 6 nitrogen and oxygen atoms in total. The van der Waals surface area contributed by atoms with Gasteiger partial charge in [0.15, 0.2) is 5.78 Å². The van der Waals surface area contributed by atoms with Crippen molar-refractivity contribution in [3.8, 4) is 5.75 Å². The van der Waals surface area contributed by atoms with Gasteiger partial charge in [0.1, 0.15) is 11.8 Å². The minimum atomic E-state index is -0.260. The van der Waals surface area contributed by atoms with Crippen LogP contribution >= 0.6 is 11.8 Å². The molecule has 0 bridgehead atoms. The predicted octanol–water partition coefficient (Wildman–Crippen LogP) is 4.45. The number of ether oxygens (including phenoxy) is 1. The number of nitrogens with one attached hydrogen (secondary N) is 1. The van der Waals surface area contributed by atoms with Crippen molar-refractivity contribution in [3.63, 3.8) is 0 Å². The first-order valence-corrected chi connectivity index (χ1v) is 10.8. The number of thioether (sulfide) groups is 1. The summed E-state index contributed by atoms with van der Waals surface area (Å²) in [7, 11) is 0. The molecular weight excluding hydrogens is 372 g/mol. The minimum absolute atomic E-state index is 0.0600. The first kappa shape index (κ1) is 19.1. The highest BCUT2D eigenvalue weighted by Gasteiger charge is 2.41. The summed E-state index contributed by atoms with van der Waals surface area (Å²) >= 11 is 1.60. The second kappa shape index (κ2) is 7.28. The molecule has 0 saturated heterocycles. The summed E-state index contributed by atoms with van der Waals surface area (Å²) in [5, 5.41) is 8.84. The summed E-state index contributed by atoms with van der Waals surface area (Å²) in [6.45, 7) is 8.95. The fourth-order valence-corrected chi connectivity index (χ4v) is 4.56. The highest BCUT2D eigenvalue weighted by Crippen LogP contribution is 2.45. The lowest BCUT2D eigenvalue weighted by Crippen LogP contribution is -2.36. The Bertz CT molecular complexity index is 930. The molecule has 28 heavy (non-hydrogen) atoms. The topological polar surface area (TPSA) is 69.0 Å². The number of fused-ring (bicyclic) bond motifs is 1. The highest BCUT2D eigenvalue weighted by molar-refractivity contribution is 7.99. The van der Waals surface area contributed by atoms with E-state index in [9.17, 15) is 4.79 Å². The van der Waals surface area contributed by atoms with Crippen LogP contribution in [0, 0.1) is 5.41 Å². The van der Waals surface area contributed by atoms with Crippen LogP contribution in [0.5, 0.6) is 5.75 Å². The number of allylic oxidation sites excluding steroid dienone is 2. The summed E-state index contributed by atoms with van der Waals surface area (Å²) in [4.78, 5) is 17.8. The summed E-state index contributed by atoms with van der Waals surface area (Å²) in [5.41, 5.74) is 2.75. The molecule has 4 rings (SSSR count). The van der Waals surface area contributed by atoms with Crippen molar-refractivity contribution < 1.29 is 9.53 Å². The summed E-state index contributed by atoms with van der Waals surface area (Å²) in [6.07, 6.45) is 1.37. The van der Waals surface area contributed by atoms with Crippen LogP contribution in [0.1, 0.15) is 52.1 Å². The van der Waals surface area contributed by atoms with Gasteiger partial charge in [-0.05, 0) is 42.2 Å². The molecule has 2 aliphatic rings. The number of aromatic nitrogens is 3. The Morgan fingerprint density at radius 1 is 1.25 bits per heavy atom. The second-order valence-corrected chi connectivity index (χ2v) is 9.19. The van der Waals surface area contributed by atoms with Crippen molar-refractivity contribution in [2.24, 2.45) is 5.41 Å². The number of anilines is 1. The van der Waals surface area contributed by atoms with Gasteiger partial charge in [0.05, 0.1) is 6.61 Å². The SMILES string of the molecule is CCOc1ccc([C@@H]2C3=C(CC(C)(C)CC3=O)Nc3nc(SCC)nn32)cc1. The van der Waals surface area contributed by atoms with Gasteiger partial charge in [-0.1, -0.05) is 44.7 Å². The van der Waals surface area contributed by atoms with Crippen LogP contribution in [0.3, 0.4) is 0 Å². The van der Waals surface area contributed by atoms with Gasteiger partial charge >= 0.3 is 0 Å². The number of carbonyl (C=O) groups excluding carboxylic acids is 1. The zero-order chi connectivity index (χ0) is 19.9. The van der Waals surface area contributed by atoms with Gasteiger partial charge < -0.3 is 10.1 Å². The van der Waals surface area contributed by atoms with Gasteiger partial charge in [-0.2, -0.15) is 4.98 Å². The van der Waals surface area contributed by atoms with E-state index < -0.39 is 0 Å². The number of ketones is 1. The van der Waals surface area contributed by atoms with E-state index in [0.29, 0.717) is 19.0 Å². The molecule has 1 aromatic carbocycles. The number of Topliss-reactive ketones (excluding diaryl/α,β-unsaturated/α-hetero) is 1. The molecule has 1 atom stereocenters. The Balaban J connectivity index is 1.82. The van der Waals surface area contributed by atoms with Crippen LogP contribution in [0.25, 0.3) is 0 Å². The van der Waals surface area contributed by atoms with Crippen molar-refractivity contribution in [1.82, 2.24) is 14.8 Å². The van der Waals surface area contributed by atoms with Crippen LogP contribution in [0.4, 0.5) is 5.95 Å². The van der Waals surface area contributed by atoms with Crippen LogP contribution in [-0.4, -0.2) is 32.9 Å². The zero-order valence-electron chi connectivity index (χ0n) is 16.8. The molecule has 148 valence electrons. The van der Waals surface area contributed by atoms with Gasteiger partial charge in [-0.25, -0.2) is 4.68 Å². The number of nitrogens with zero attached hydrogens (tertiary/aromatic N) is 3. The maximum Gasteiger partial charge on any atom is 0.227 e. The molecule has 0 unspecified atom stereocenters. The molecule has 0 saturated carbocycles. The van der Waals surface area contributed by atoms with Crippen molar-refractivity contribution in [3.05, 3.63) is 41.1 Å². The van der Waals surface area contributed by atoms with E-state index in [0.717, 1.165) is 39.9 Å². The first-order valence-electron chi connectivity index (χ1n) is 9.77. The smallest absolute Gasteiger partial charge is 0.227 e. The maximum absolute atomic E-state index is 13.2. The summed E-state index contributed by atoms with van der Waals surface area (Å²) in [6, 6.07) is 7.70. The number of rotatable bonds is 5. The van der Waals surface area contributed by atoms with Crippen molar-refractivity contribution >= 4 is 23.5 Å². The number of hydrogen-bond acceptors (Lipinski definition) is 6. The van der Waals surface area contributed by atoms with Crippen molar-refractivity contribution in [2.75, 3.05) is 17.7 Å². The Morgan fingerprint density at radius 2 is 2.00 bits per heavy atom. The van der Waals surface area contributed by atoms with Gasteiger partial charge in [0.2, 0.25) is 11.1 Å². The summed E-state index contributed by atoms with van der Waals surface area (Å²) < 4.78 is 7.44. The van der Waals surface area contributed by atoms with Crippen LogP contribution in [-0.2, 0) is 4.79 Å². The Morgan fingerprint density at radius 3 is 2.68 bits per heavy atom. The van der Waals surface area contributed by atoms with E-state index >= 15 is 0 Å². The lowest BCUT2D eigenvalue weighted by Gasteiger charge is -2.38. The monoisotopic (exact) mass is 398 g/mol. The fourth-order valence-electron chi connectivity index (χ4n) is 4.00. The molecule has 7 heteroatoms. The Hall–Kier alpha value is -2.28. The third-order valence-electron chi connectivity index (χ3n) is 5.09. The number of benzene rings is 1. The maximum atomic E-state index is 13.2. The minimum Gasteiger partial charge on any atom is -0.494 e. The van der Waals surface area contributed by atoms with E-state index in [2.05, 4.69) is 31.1 Å². The molecule has 0 spiro atoms. The highest BCUT2D eigenvalue weighted by atomic mass is 32.2. The lowest BCUT2D eigenvalue weighted by molar-refractivity contribution is -0.118. The quantitative estimate of drug-likeness (QED) is 0.751. The standard InChI is InChI=1S/C21H26N4O2S/c1-5-27-14-9-7-13(8-10-14)18-17-15(11-21(3,4)12-16(17)26)22-19-23-20(28-6-2)24-25(18)19/h7-10,18H,5-6,11-12H2,1-4H3,(H,22,23,24)/t18-/m1/s1. The van der Waals surface area contributed by atoms with Gasteiger partial charge in [0.25, 0.3) is 0 Å². The number of carbonyl (C=O) groups is 1. The Labute approximate surface area is 169 Å². The molecule has 1 aliphatic carbocycles. The molecule has 0 amide bonds. The lowest BCUT2D eigenvalue weighted by atomic mass is 9.73. The van der Waals surface area contributed by atoms with Crippen molar-refractivity contribution in [1.29, 1.82) is 0 Å². The van der Waals surface area contributed by atoms with Gasteiger partial charge in [-0.3, -0.25) is 4.79 Å². The molecule has 1 aliphatic heterocycles. The van der Waals surface area contributed by atoms with E-state index in [4.69, 9.17) is 9.84 Å². The van der Waals surface area contributed by atoms with Gasteiger partial charge in [0, 0.05) is 17.7 Å². The number of hydrogen-bond donors (Lipinski definition) is 1. The van der Waals surface area contributed by atoms with Crippen molar-refractivity contribution in [2.45, 2.75) is 51.7 Å². The Kier molecular flexibility index (Phi) is 4.95. The molecule has 1 N–H and O–H groups in total. The summed E-state index contributed by atoms with van der Waals surface area (Å²) in [5.74, 6) is 2.62. The first-order chi connectivity index (χ1) is 13.4. The normalized spacial score (nSPS) is 20.4. The predicted molar refractivity (Wildman–Crippen MR) is 111 cm³/mol. The van der Waals surface area contributed by atoms with Crippen LogP contribution in [0.15, 0.2) is 40.7 Å². The molecular formula is C21H26N4O2S. The average molecular weight is 399 g/mol. The largest absolute Gasteiger partial charge is 0.494 e. The van der Waals surface area contributed by atoms with E-state index in [1.807, 2.05) is 35.9 Å². The molecule has 0 fully saturated rings. The molecule has 0 radical (unpaired) electrons. The van der Waals surface area contributed by atoms with E-state index in [1.165, 1.54) is 0 Å². The molecule has 2 aromatic rings. The third kappa shape index (κ3) is 3.43. The average Bonchev–Trinajstić information content (AvgIpc) is 3.02. The van der Waals surface area contributed by atoms with Crippen LogP contribution in [0.2, 0.25) is 0 Å². The third-order valence-corrected chi connectivity index (χ3v) is 5.81. The molecule has 2 heterocycles. The van der Waals surface area contributed by atoms with E-state index in [1.54, 1.807) is 11.8 Å². The van der Waals surface area contributed by atoms with Gasteiger partial charge in [-0.15, -0.1) is 5.10 Å². The van der Waals surface area contributed by atoms with E-state index in [-0.39, 0.29) is 17.2 Å². The molecule has 1 aromatic heterocycles. The fraction of sp³-hybridized carbons (Fsp3) is 0.476. The zero-order valence-corrected chi connectivity index (χ0v) is 17.6.